The molecule has 1 nitrogen and oxygen atoms in total. The van der Waals surface area contributed by atoms with E-state index in [1.165, 1.54) is 5.56 Å². The molecule has 0 fully saturated rings. The van der Waals surface area contributed by atoms with Gasteiger partial charge in [0.15, 0.2) is 0 Å². The maximum Gasteiger partial charge on any atom is 0.0868 e. The van der Waals surface area contributed by atoms with E-state index in [-0.39, 0.29) is 0 Å². The van der Waals surface area contributed by atoms with Gasteiger partial charge in [0.2, 0.25) is 0 Å². The van der Waals surface area contributed by atoms with Crippen LogP contribution in [0.2, 0.25) is 0 Å². The monoisotopic (exact) mass is 206 g/mol. The Bertz CT molecular complexity index is 313. The third-order valence-electron chi connectivity index (χ3n) is 2.91. The van der Waals surface area contributed by atoms with Crippen LogP contribution in [0, 0.1) is 0 Å². The van der Waals surface area contributed by atoms with Gasteiger partial charge in [-0.3, -0.25) is 0 Å². The smallest absolute Gasteiger partial charge is 0.0868 e. The summed E-state index contributed by atoms with van der Waals surface area (Å²) in [5.74, 6) is 0.516. The standard InChI is InChI=1S/C14H22O/c1-5-9-14(4,15)13-8-6-7-12(10-13)11(2)3/h6-8,10-11,15H,5,9H2,1-4H3. The van der Waals surface area contributed by atoms with E-state index in [2.05, 4.69) is 32.9 Å². The molecular weight excluding hydrogens is 184 g/mol. The van der Waals surface area contributed by atoms with Crippen molar-refractivity contribution in [2.75, 3.05) is 0 Å². The topological polar surface area (TPSA) is 20.2 Å². The quantitative estimate of drug-likeness (QED) is 0.794. The van der Waals surface area contributed by atoms with E-state index in [9.17, 15) is 5.11 Å². The van der Waals surface area contributed by atoms with Gasteiger partial charge in [-0.2, -0.15) is 0 Å². The van der Waals surface area contributed by atoms with Gasteiger partial charge in [0.1, 0.15) is 0 Å². The van der Waals surface area contributed by atoms with Gasteiger partial charge in [-0.05, 0) is 30.4 Å². The minimum atomic E-state index is -0.681. The Morgan fingerprint density at radius 2 is 2.00 bits per heavy atom. The third kappa shape index (κ3) is 3.07. The Morgan fingerprint density at radius 3 is 2.53 bits per heavy atom. The molecule has 1 aromatic carbocycles. The van der Waals surface area contributed by atoms with Gasteiger partial charge in [0.25, 0.3) is 0 Å². The second-order valence-corrected chi connectivity index (χ2v) is 4.80. The van der Waals surface area contributed by atoms with E-state index in [1.807, 2.05) is 19.1 Å². The minimum Gasteiger partial charge on any atom is -0.385 e. The van der Waals surface area contributed by atoms with Gasteiger partial charge < -0.3 is 5.11 Å². The molecule has 84 valence electrons. The molecule has 1 atom stereocenters. The molecule has 0 saturated carbocycles. The van der Waals surface area contributed by atoms with Gasteiger partial charge in [-0.15, -0.1) is 0 Å². The van der Waals surface area contributed by atoms with Crippen molar-refractivity contribution in [1.29, 1.82) is 0 Å². The summed E-state index contributed by atoms with van der Waals surface area (Å²) in [5, 5.41) is 10.3. The van der Waals surface area contributed by atoms with E-state index in [4.69, 9.17) is 0 Å². The highest BCUT2D eigenvalue weighted by molar-refractivity contribution is 5.29. The molecule has 0 aliphatic carbocycles. The number of hydrogen-bond donors (Lipinski definition) is 1. The molecule has 15 heavy (non-hydrogen) atoms. The summed E-state index contributed by atoms with van der Waals surface area (Å²) in [6.07, 6.45) is 1.81. The fourth-order valence-corrected chi connectivity index (χ4v) is 1.86. The van der Waals surface area contributed by atoms with E-state index >= 15 is 0 Å². The molecule has 0 aliphatic rings. The molecule has 0 spiro atoms. The van der Waals surface area contributed by atoms with Crippen LogP contribution in [0.15, 0.2) is 24.3 Å². The van der Waals surface area contributed by atoms with Gasteiger partial charge in [0.05, 0.1) is 5.60 Å². The zero-order valence-corrected chi connectivity index (χ0v) is 10.2. The van der Waals surface area contributed by atoms with Crippen LogP contribution in [0.1, 0.15) is 57.6 Å². The zero-order chi connectivity index (χ0) is 11.5. The van der Waals surface area contributed by atoms with Crippen LogP contribution in [0.3, 0.4) is 0 Å². The van der Waals surface area contributed by atoms with Crippen molar-refractivity contribution in [3.8, 4) is 0 Å². The summed E-state index contributed by atoms with van der Waals surface area (Å²) in [6.45, 7) is 8.35. The Hall–Kier alpha value is -0.820. The summed E-state index contributed by atoms with van der Waals surface area (Å²) in [7, 11) is 0. The Kier molecular flexibility index (Phi) is 3.92. The number of benzene rings is 1. The van der Waals surface area contributed by atoms with Crippen molar-refractivity contribution < 1.29 is 5.11 Å². The Labute approximate surface area is 93.1 Å². The molecule has 1 aromatic rings. The SMILES string of the molecule is CCCC(C)(O)c1cccc(C(C)C)c1. The van der Waals surface area contributed by atoms with Crippen molar-refractivity contribution in [2.24, 2.45) is 0 Å². The maximum atomic E-state index is 10.3. The number of aliphatic hydroxyl groups is 1. The van der Waals surface area contributed by atoms with Crippen LogP contribution >= 0.6 is 0 Å². The second-order valence-electron chi connectivity index (χ2n) is 4.80. The highest BCUT2D eigenvalue weighted by Gasteiger charge is 2.21. The largest absolute Gasteiger partial charge is 0.385 e. The van der Waals surface area contributed by atoms with Crippen LogP contribution in [-0.2, 0) is 5.60 Å². The molecule has 1 unspecified atom stereocenters. The van der Waals surface area contributed by atoms with Crippen LogP contribution in [0.5, 0.6) is 0 Å². The zero-order valence-electron chi connectivity index (χ0n) is 10.2. The normalized spacial score (nSPS) is 15.3. The molecule has 0 aliphatic heterocycles. The van der Waals surface area contributed by atoms with E-state index in [0.717, 1.165) is 18.4 Å². The predicted octanol–water partition coefficient (Wildman–Crippen LogP) is 3.82. The lowest BCUT2D eigenvalue weighted by Gasteiger charge is -2.24. The first-order valence-electron chi connectivity index (χ1n) is 5.80. The summed E-state index contributed by atoms with van der Waals surface area (Å²) in [6, 6.07) is 8.30. The lowest BCUT2D eigenvalue weighted by atomic mass is 9.88. The average Bonchev–Trinajstić information content (AvgIpc) is 2.18. The number of rotatable bonds is 4. The van der Waals surface area contributed by atoms with Crippen molar-refractivity contribution in [3.63, 3.8) is 0 Å². The van der Waals surface area contributed by atoms with Gasteiger partial charge >= 0.3 is 0 Å². The highest BCUT2D eigenvalue weighted by Crippen LogP contribution is 2.28. The summed E-state index contributed by atoms with van der Waals surface area (Å²) >= 11 is 0. The molecule has 0 bridgehead atoms. The number of hydrogen-bond acceptors (Lipinski definition) is 1. The van der Waals surface area contributed by atoms with Crippen LogP contribution in [-0.4, -0.2) is 5.11 Å². The third-order valence-corrected chi connectivity index (χ3v) is 2.91. The molecule has 0 aromatic heterocycles. The minimum absolute atomic E-state index is 0.516. The fraction of sp³-hybridized carbons (Fsp3) is 0.571. The molecule has 1 N–H and O–H groups in total. The summed E-state index contributed by atoms with van der Waals surface area (Å²) in [4.78, 5) is 0. The second kappa shape index (κ2) is 4.80. The first-order valence-corrected chi connectivity index (χ1v) is 5.80. The van der Waals surface area contributed by atoms with Crippen LogP contribution < -0.4 is 0 Å². The Morgan fingerprint density at radius 1 is 1.33 bits per heavy atom. The van der Waals surface area contributed by atoms with Crippen LogP contribution in [0.25, 0.3) is 0 Å². The molecule has 0 radical (unpaired) electrons. The predicted molar refractivity (Wildman–Crippen MR) is 65.0 cm³/mol. The maximum absolute atomic E-state index is 10.3. The lowest BCUT2D eigenvalue weighted by Crippen LogP contribution is -2.20. The van der Waals surface area contributed by atoms with E-state index in [0.29, 0.717) is 5.92 Å². The molecule has 1 rings (SSSR count). The lowest BCUT2D eigenvalue weighted by molar-refractivity contribution is 0.0469. The molecule has 0 heterocycles. The van der Waals surface area contributed by atoms with E-state index in [1.54, 1.807) is 0 Å². The van der Waals surface area contributed by atoms with Gasteiger partial charge in [0, 0.05) is 0 Å². The van der Waals surface area contributed by atoms with Crippen molar-refractivity contribution in [3.05, 3.63) is 35.4 Å². The summed E-state index contributed by atoms with van der Waals surface area (Å²) < 4.78 is 0. The van der Waals surface area contributed by atoms with Gasteiger partial charge in [-0.1, -0.05) is 51.5 Å². The first kappa shape index (κ1) is 12.3. The summed E-state index contributed by atoms with van der Waals surface area (Å²) in [5.41, 5.74) is 1.65. The average molecular weight is 206 g/mol. The van der Waals surface area contributed by atoms with Crippen molar-refractivity contribution in [1.82, 2.24) is 0 Å². The molecule has 0 amide bonds. The van der Waals surface area contributed by atoms with Gasteiger partial charge in [-0.25, -0.2) is 0 Å². The molecule has 1 heteroatoms. The van der Waals surface area contributed by atoms with Crippen molar-refractivity contribution in [2.45, 2.75) is 52.1 Å². The Balaban J connectivity index is 2.99. The fourth-order valence-electron chi connectivity index (χ4n) is 1.86. The first-order chi connectivity index (χ1) is 6.97. The molecular formula is C14H22O. The van der Waals surface area contributed by atoms with Crippen LogP contribution in [0.4, 0.5) is 0 Å². The van der Waals surface area contributed by atoms with E-state index < -0.39 is 5.60 Å². The molecule has 0 saturated heterocycles. The van der Waals surface area contributed by atoms with Crippen molar-refractivity contribution >= 4 is 0 Å². The highest BCUT2D eigenvalue weighted by atomic mass is 16.3.